The largest absolute Gasteiger partial charge is 0.497 e. The highest BCUT2D eigenvalue weighted by molar-refractivity contribution is 7.89. The highest BCUT2D eigenvalue weighted by Gasteiger charge is 2.28. The fourth-order valence-electron chi connectivity index (χ4n) is 4.10. The summed E-state index contributed by atoms with van der Waals surface area (Å²) in [6.07, 6.45) is 1.72. The van der Waals surface area contributed by atoms with E-state index in [0.29, 0.717) is 47.4 Å². The van der Waals surface area contributed by atoms with Gasteiger partial charge in [-0.15, -0.1) is 0 Å². The number of ether oxygens (including phenoxy) is 2. The Kier molecular flexibility index (Phi) is 7.11. The third-order valence-corrected chi connectivity index (χ3v) is 9.10. The van der Waals surface area contributed by atoms with Crippen LogP contribution in [0.4, 0.5) is 0 Å². The van der Waals surface area contributed by atoms with Crippen LogP contribution in [-0.2, 0) is 16.6 Å². The van der Waals surface area contributed by atoms with Crippen molar-refractivity contribution < 1.29 is 22.7 Å². The molecule has 1 aromatic heterocycles. The Labute approximate surface area is 203 Å². The second kappa shape index (κ2) is 9.89. The van der Waals surface area contributed by atoms with Crippen LogP contribution in [0.25, 0.3) is 10.2 Å². The fraction of sp³-hybridized carbons (Fsp3) is 0.417. The van der Waals surface area contributed by atoms with Gasteiger partial charge in [0.2, 0.25) is 10.0 Å². The van der Waals surface area contributed by atoms with Crippen LogP contribution in [0.1, 0.15) is 37.0 Å². The molecule has 34 heavy (non-hydrogen) atoms. The quantitative estimate of drug-likeness (QED) is 0.509. The fourth-order valence-corrected chi connectivity index (χ4v) is 6.70. The number of rotatable bonds is 6. The minimum absolute atomic E-state index is 0.195. The first kappa shape index (κ1) is 24.4. The van der Waals surface area contributed by atoms with E-state index < -0.39 is 15.9 Å². The number of piperidine rings is 1. The molecule has 10 heteroatoms. The lowest BCUT2D eigenvalue weighted by Gasteiger charge is -2.29. The molecule has 1 fully saturated rings. The molecule has 182 valence electrons. The van der Waals surface area contributed by atoms with E-state index in [1.54, 1.807) is 20.3 Å². The van der Waals surface area contributed by atoms with Gasteiger partial charge in [0.05, 0.1) is 23.8 Å². The van der Waals surface area contributed by atoms with Crippen LogP contribution in [0.5, 0.6) is 11.5 Å². The van der Waals surface area contributed by atoms with Crippen LogP contribution < -0.4 is 14.3 Å². The lowest BCUT2D eigenvalue weighted by Crippen LogP contribution is -2.37. The number of benzene rings is 2. The number of nitrogens with zero attached hydrogens (tertiary/aromatic N) is 3. The molecular formula is C24H29N3O5S2. The van der Waals surface area contributed by atoms with Gasteiger partial charge in [-0.25, -0.2) is 8.42 Å². The minimum atomic E-state index is -3.57. The summed E-state index contributed by atoms with van der Waals surface area (Å²) >= 11 is 1.37. The molecule has 4 rings (SSSR count). The molecule has 1 aliphatic rings. The Hall–Kier alpha value is -2.69. The van der Waals surface area contributed by atoms with E-state index in [-0.39, 0.29) is 4.90 Å². The van der Waals surface area contributed by atoms with Gasteiger partial charge in [0, 0.05) is 31.3 Å². The summed E-state index contributed by atoms with van der Waals surface area (Å²) in [5.74, 6) is 1.40. The molecule has 1 saturated heterocycles. The number of hydrogen-bond donors (Lipinski definition) is 0. The molecule has 0 spiro atoms. The number of fused-ring (bicyclic) bond motifs is 1. The average molecular weight is 504 g/mol. The zero-order valence-corrected chi connectivity index (χ0v) is 21.4. The molecule has 0 bridgehead atoms. The van der Waals surface area contributed by atoms with Crippen LogP contribution >= 0.6 is 11.3 Å². The van der Waals surface area contributed by atoms with Crippen molar-refractivity contribution in [2.45, 2.75) is 38.1 Å². The lowest BCUT2D eigenvalue weighted by atomic mass is 10.0. The number of aryl methyl sites for hydroxylation is 1. The molecule has 1 aliphatic heterocycles. The Morgan fingerprint density at radius 2 is 1.79 bits per heavy atom. The van der Waals surface area contributed by atoms with Gasteiger partial charge < -0.3 is 14.0 Å². The SMILES string of the molecule is CCn1c(=NC(=O)c2ccc(S(=O)(=O)N3CCC(C)CC3)cc2)sc2cc(OC)cc(OC)c21. The molecule has 0 aliphatic carbocycles. The summed E-state index contributed by atoms with van der Waals surface area (Å²) < 4.78 is 41.1. The zero-order valence-electron chi connectivity index (χ0n) is 19.8. The molecule has 0 radical (unpaired) electrons. The van der Waals surface area contributed by atoms with Crippen LogP contribution in [0.3, 0.4) is 0 Å². The van der Waals surface area contributed by atoms with Crippen LogP contribution in [0.2, 0.25) is 0 Å². The van der Waals surface area contributed by atoms with Gasteiger partial charge in [0.1, 0.15) is 17.0 Å². The smallest absolute Gasteiger partial charge is 0.279 e. The Morgan fingerprint density at radius 3 is 2.38 bits per heavy atom. The lowest BCUT2D eigenvalue weighted by molar-refractivity contribution is 0.0997. The first-order chi connectivity index (χ1) is 16.3. The van der Waals surface area contributed by atoms with Gasteiger partial charge in [-0.3, -0.25) is 4.79 Å². The summed E-state index contributed by atoms with van der Waals surface area (Å²) in [4.78, 5) is 18.0. The number of thiazole rings is 1. The van der Waals surface area contributed by atoms with Crippen LogP contribution in [0, 0.1) is 5.92 Å². The highest BCUT2D eigenvalue weighted by Crippen LogP contribution is 2.32. The molecule has 0 atom stereocenters. The maximum absolute atomic E-state index is 13.0. The third kappa shape index (κ3) is 4.62. The molecule has 0 saturated carbocycles. The van der Waals surface area contributed by atoms with Crippen LogP contribution in [0.15, 0.2) is 46.3 Å². The van der Waals surface area contributed by atoms with Crippen molar-refractivity contribution >= 4 is 37.5 Å². The van der Waals surface area contributed by atoms with Gasteiger partial charge >= 0.3 is 0 Å². The zero-order chi connectivity index (χ0) is 24.5. The predicted molar refractivity (Wildman–Crippen MR) is 132 cm³/mol. The summed E-state index contributed by atoms with van der Waals surface area (Å²) in [6, 6.07) is 9.72. The number of amides is 1. The van der Waals surface area contributed by atoms with E-state index in [4.69, 9.17) is 9.47 Å². The first-order valence-corrected chi connectivity index (χ1v) is 13.5. The first-order valence-electron chi connectivity index (χ1n) is 11.2. The van der Waals surface area contributed by atoms with E-state index >= 15 is 0 Å². The van der Waals surface area contributed by atoms with Crippen molar-refractivity contribution in [2.75, 3.05) is 27.3 Å². The predicted octanol–water partition coefficient (Wildman–Crippen LogP) is 3.90. The summed E-state index contributed by atoms with van der Waals surface area (Å²) in [5.41, 5.74) is 1.18. The second-order valence-electron chi connectivity index (χ2n) is 8.33. The average Bonchev–Trinajstić information content (AvgIpc) is 3.20. The number of methoxy groups -OCH3 is 2. The normalized spacial score (nSPS) is 16.2. The molecule has 2 heterocycles. The number of sulfonamides is 1. The third-order valence-electron chi connectivity index (χ3n) is 6.17. The van der Waals surface area contributed by atoms with Gasteiger partial charge in [-0.05, 0) is 56.0 Å². The maximum atomic E-state index is 13.0. The molecule has 8 nitrogen and oxygen atoms in total. The van der Waals surface area contributed by atoms with E-state index in [1.165, 1.54) is 39.9 Å². The Balaban J connectivity index is 1.66. The standard InChI is InChI=1S/C24H29N3O5S2/c1-5-27-22-20(32-4)14-18(31-3)15-21(22)33-24(27)25-23(28)17-6-8-19(9-7-17)34(29,30)26-12-10-16(2)11-13-26/h6-9,14-16H,5,10-13H2,1-4H3. The summed E-state index contributed by atoms with van der Waals surface area (Å²) in [5, 5.41) is 0. The van der Waals surface area contributed by atoms with Crippen molar-refractivity contribution in [2.24, 2.45) is 10.9 Å². The van der Waals surface area contributed by atoms with Crippen molar-refractivity contribution in [3.63, 3.8) is 0 Å². The maximum Gasteiger partial charge on any atom is 0.279 e. The molecule has 3 aromatic rings. The number of carbonyl (C=O) groups is 1. The number of aromatic nitrogens is 1. The topological polar surface area (TPSA) is 90.2 Å². The number of carbonyl (C=O) groups excluding carboxylic acids is 1. The van der Waals surface area contributed by atoms with Gasteiger partial charge in [0.15, 0.2) is 4.80 Å². The monoisotopic (exact) mass is 503 g/mol. The highest BCUT2D eigenvalue weighted by atomic mass is 32.2. The van der Waals surface area contributed by atoms with E-state index in [9.17, 15) is 13.2 Å². The van der Waals surface area contributed by atoms with Crippen molar-refractivity contribution in [1.29, 1.82) is 0 Å². The van der Waals surface area contributed by atoms with Crippen LogP contribution in [-0.4, -0.2) is 50.5 Å². The molecule has 0 unspecified atom stereocenters. The van der Waals surface area contributed by atoms with Crippen molar-refractivity contribution in [1.82, 2.24) is 8.87 Å². The Bertz CT molecular complexity index is 1370. The minimum Gasteiger partial charge on any atom is -0.497 e. The molecule has 1 amide bonds. The summed E-state index contributed by atoms with van der Waals surface area (Å²) in [7, 11) is -0.384. The summed E-state index contributed by atoms with van der Waals surface area (Å²) in [6.45, 7) is 5.76. The van der Waals surface area contributed by atoms with E-state index in [0.717, 1.165) is 23.1 Å². The van der Waals surface area contributed by atoms with Gasteiger partial charge in [-0.2, -0.15) is 9.30 Å². The second-order valence-corrected chi connectivity index (χ2v) is 11.3. The van der Waals surface area contributed by atoms with E-state index in [2.05, 4.69) is 11.9 Å². The van der Waals surface area contributed by atoms with Gasteiger partial charge in [-0.1, -0.05) is 18.3 Å². The molecule has 0 N–H and O–H groups in total. The Morgan fingerprint density at radius 1 is 1.12 bits per heavy atom. The van der Waals surface area contributed by atoms with Crippen molar-refractivity contribution in [3.8, 4) is 11.5 Å². The van der Waals surface area contributed by atoms with Crippen molar-refractivity contribution in [3.05, 3.63) is 46.8 Å². The van der Waals surface area contributed by atoms with E-state index in [1.807, 2.05) is 17.6 Å². The molecular weight excluding hydrogens is 474 g/mol. The number of hydrogen-bond acceptors (Lipinski definition) is 6. The van der Waals surface area contributed by atoms with Gasteiger partial charge in [0.25, 0.3) is 5.91 Å². The molecule has 2 aromatic carbocycles.